The smallest absolute Gasteiger partial charge is 0.242 e. The minimum atomic E-state index is -1.60. The van der Waals surface area contributed by atoms with Gasteiger partial charge in [-0.15, -0.1) is 0 Å². The molecule has 0 aliphatic rings. The van der Waals surface area contributed by atoms with Crippen molar-refractivity contribution in [2.24, 2.45) is 5.11 Å². The third-order valence-corrected chi connectivity index (χ3v) is 2.53. The molecule has 0 bridgehead atoms. The van der Waals surface area contributed by atoms with Gasteiger partial charge in [-0.25, -0.2) is 0 Å². The van der Waals surface area contributed by atoms with Crippen molar-refractivity contribution in [3.63, 3.8) is 0 Å². The average Bonchev–Trinajstić information content (AvgIpc) is 2.14. The maximum absolute atomic E-state index is 8.28. The van der Waals surface area contributed by atoms with Crippen LogP contribution in [-0.2, 0) is 6.54 Å². The fourth-order valence-electron chi connectivity index (χ4n) is 1.17. The molecular weight excluding hydrogens is 206 g/mol. The van der Waals surface area contributed by atoms with Crippen LogP contribution in [0.25, 0.3) is 10.4 Å². The minimum Gasteiger partial charge on any atom is -0.544 e. The molecule has 1 rings (SSSR count). The maximum Gasteiger partial charge on any atom is 0.242 e. The largest absolute Gasteiger partial charge is 0.544 e. The fourth-order valence-corrected chi connectivity index (χ4v) is 2.03. The molecule has 0 atom stereocenters. The summed E-state index contributed by atoms with van der Waals surface area (Å²) < 4.78 is 5.89. The quantitative estimate of drug-likeness (QED) is 0.331. The van der Waals surface area contributed by atoms with Crippen molar-refractivity contribution in [3.05, 3.63) is 40.3 Å². The van der Waals surface area contributed by atoms with E-state index in [1.54, 1.807) is 0 Å². The van der Waals surface area contributed by atoms with Crippen LogP contribution in [0.4, 0.5) is 0 Å². The van der Waals surface area contributed by atoms with Crippen LogP contribution in [0, 0.1) is 0 Å². The average molecular weight is 221 g/mol. The molecule has 0 heterocycles. The molecule has 0 aromatic heterocycles. The van der Waals surface area contributed by atoms with Crippen LogP contribution in [-0.4, -0.2) is 8.32 Å². The van der Waals surface area contributed by atoms with Gasteiger partial charge in [0.2, 0.25) is 8.32 Å². The predicted octanol–water partition coefficient (Wildman–Crippen LogP) is 3.71. The molecule has 0 aliphatic carbocycles. The highest BCUT2D eigenvalue weighted by Crippen LogP contribution is 2.22. The Labute approximate surface area is 90.6 Å². The minimum absolute atomic E-state index is 0.344. The Balaban J connectivity index is 2.90. The molecule has 4 nitrogen and oxygen atoms in total. The van der Waals surface area contributed by atoms with Gasteiger partial charge in [0, 0.05) is 4.91 Å². The van der Waals surface area contributed by atoms with E-state index < -0.39 is 8.32 Å². The van der Waals surface area contributed by atoms with Crippen molar-refractivity contribution in [2.45, 2.75) is 26.2 Å². The monoisotopic (exact) mass is 221 g/mol. The summed E-state index contributed by atoms with van der Waals surface area (Å²) in [7, 11) is -1.60. The normalized spacial score (nSPS) is 10.6. The van der Waals surface area contributed by atoms with Crippen molar-refractivity contribution >= 4 is 8.32 Å². The summed E-state index contributed by atoms with van der Waals surface area (Å²) in [5.41, 5.74) is 9.22. The van der Waals surface area contributed by atoms with Crippen LogP contribution in [0.3, 0.4) is 0 Å². The molecule has 0 radical (unpaired) electrons. The Hall–Kier alpha value is -1.45. The van der Waals surface area contributed by atoms with E-state index in [1.165, 1.54) is 0 Å². The van der Waals surface area contributed by atoms with Gasteiger partial charge >= 0.3 is 0 Å². The fraction of sp³-hybridized carbons (Fsp3) is 0.400. The van der Waals surface area contributed by atoms with Gasteiger partial charge < -0.3 is 4.43 Å². The molecule has 0 saturated heterocycles. The Morgan fingerprint density at radius 2 is 2.00 bits per heavy atom. The van der Waals surface area contributed by atoms with Gasteiger partial charge in [0.05, 0.1) is 6.54 Å². The summed E-state index contributed by atoms with van der Waals surface area (Å²) in [5.74, 6) is 0.837. The molecule has 0 aliphatic heterocycles. The second-order valence-electron chi connectivity index (χ2n) is 4.21. The summed E-state index contributed by atoms with van der Waals surface area (Å²) in [5, 5.41) is 3.55. The summed E-state index contributed by atoms with van der Waals surface area (Å²) in [6.07, 6.45) is 0. The lowest BCUT2D eigenvalue weighted by Gasteiger charge is -2.21. The molecule has 0 unspecified atom stereocenters. The molecule has 1 aromatic rings. The SMILES string of the molecule is C[Si](C)(C)Oc1ccccc1CN=[N+]=[N-]. The Bertz CT molecular complexity index is 380. The van der Waals surface area contributed by atoms with Crippen molar-refractivity contribution in [2.75, 3.05) is 0 Å². The van der Waals surface area contributed by atoms with Crippen LogP contribution in [0.15, 0.2) is 29.4 Å². The number of hydrogen-bond donors (Lipinski definition) is 0. The second kappa shape index (κ2) is 4.86. The topological polar surface area (TPSA) is 58.0 Å². The van der Waals surface area contributed by atoms with Crippen molar-refractivity contribution in [3.8, 4) is 5.75 Å². The van der Waals surface area contributed by atoms with Gasteiger partial charge in [-0.05, 0) is 36.8 Å². The van der Waals surface area contributed by atoms with E-state index in [0.717, 1.165) is 11.3 Å². The number of benzene rings is 1. The van der Waals surface area contributed by atoms with Gasteiger partial charge in [-0.2, -0.15) is 0 Å². The lowest BCUT2D eigenvalue weighted by atomic mass is 10.2. The molecule has 5 heteroatoms. The molecule has 0 saturated carbocycles. The number of para-hydroxylation sites is 1. The lowest BCUT2D eigenvalue weighted by molar-refractivity contribution is 0.549. The Morgan fingerprint density at radius 1 is 1.33 bits per heavy atom. The summed E-state index contributed by atoms with van der Waals surface area (Å²) in [6, 6.07) is 7.68. The van der Waals surface area contributed by atoms with Crippen LogP contribution in [0.2, 0.25) is 19.6 Å². The maximum atomic E-state index is 8.28. The van der Waals surface area contributed by atoms with E-state index in [9.17, 15) is 0 Å². The summed E-state index contributed by atoms with van der Waals surface area (Å²) in [6.45, 7) is 6.71. The van der Waals surface area contributed by atoms with Gasteiger partial charge in [-0.1, -0.05) is 23.3 Å². The van der Waals surface area contributed by atoms with Crippen LogP contribution in [0.1, 0.15) is 5.56 Å². The van der Waals surface area contributed by atoms with Crippen molar-refractivity contribution in [1.82, 2.24) is 0 Å². The zero-order chi connectivity index (χ0) is 11.3. The molecule has 15 heavy (non-hydrogen) atoms. The predicted molar refractivity (Wildman–Crippen MR) is 63.3 cm³/mol. The lowest BCUT2D eigenvalue weighted by Crippen LogP contribution is -2.29. The van der Waals surface area contributed by atoms with Crippen molar-refractivity contribution < 1.29 is 4.43 Å². The summed E-state index contributed by atoms with van der Waals surface area (Å²) >= 11 is 0. The first-order chi connectivity index (χ1) is 7.03. The third kappa shape index (κ3) is 4.06. The van der Waals surface area contributed by atoms with Crippen molar-refractivity contribution in [1.29, 1.82) is 0 Å². The van der Waals surface area contributed by atoms with Crippen LogP contribution in [0.5, 0.6) is 5.75 Å². The number of azide groups is 1. The summed E-state index contributed by atoms with van der Waals surface area (Å²) in [4.78, 5) is 2.75. The van der Waals surface area contributed by atoms with Gasteiger partial charge in [-0.3, -0.25) is 0 Å². The first-order valence-electron chi connectivity index (χ1n) is 4.81. The highest BCUT2D eigenvalue weighted by molar-refractivity contribution is 6.70. The number of hydrogen-bond acceptors (Lipinski definition) is 2. The third-order valence-electron chi connectivity index (χ3n) is 1.69. The Morgan fingerprint density at radius 3 is 2.60 bits per heavy atom. The van der Waals surface area contributed by atoms with Crippen LogP contribution < -0.4 is 4.43 Å². The molecular formula is C10H15N3OSi. The molecule has 0 fully saturated rings. The standard InChI is InChI=1S/C10H15N3OSi/c1-15(2,3)14-10-7-5-4-6-9(10)8-12-13-11/h4-7H,8H2,1-3H3. The van der Waals surface area contributed by atoms with Gasteiger partial charge in [0.25, 0.3) is 0 Å². The highest BCUT2D eigenvalue weighted by atomic mass is 28.4. The van der Waals surface area contributed by atoms with E-state index in [0.29, 0.717) is 6.54 Å². The number of rotatable bonds is 4. The first kappa shape index (κ1) is 11.6. The van der Waals surface area contributed by atoms with E-state index in [2.05, 4.69) is 29.7 Å². The van der Waals surface area contributed by atoms with Gasteiger partial charge in [0.1, 0.15) is 5.75 Å². The first-order valence-corrected chi connectivity index (χ1v) is 8.21. The molecule has 0 N–H and O–H groups in total. The zero-order valence-electron chi connectivity index (χ0n) is 9.27. The van der Waals surface area contributed by atoms with E-state index in [4.69, 9.17) is 9.96 Å². The molecule has 0 amide bonds. The second-order valence-corrected chi connectivity index (χ2v) is 8.64. The van der Waals surface area contributed by atoms with E-state index in [1.807, 2.05) is 24.3 Å². The molecule has 80 valence electrons. The zero-order valence-corrected chi connectivity index (χ0v) is 10.3. The van der Waals surface area contributed by atoms with E-state index >= 15 is 0 Å². The molecule has 1 aromatic carbocycles. The molecule has 0 spiro atoms. The Kier molecular flexibility index (Phi) is 3.77. The van der Waals surface area contributed by atoms with Crippen LogP contribution >= 0.6 is 0 Å². The van der Waals surface area contributed by atoms with Gasteiger partial charge in [0.15, 0.2) is 0 Å². The van der Waals surface area contributed by atoms with E-state index in [-0.39, 0.29) is 0 Å². The number of nitrogens with zero attached hydrogens (tertiary/aromatic N) is 3. The highest BCUT2D eigenvalue weighted by Gasteiger charge is 2.17.